The number of Topliss-reactive ketones (excluding diaryl/α,β-unsaturated/α-hetero) is 1. The fourth-order valence-electron chi connectivity index (χ4n) is 3.36. The monoisotopic (exact) mass is 222 g/mol. The van der Waals surface area contributed by atoms with Crippen LogP contribution in [0.2, 0.25) is 0 Å². The maximum Gasteiger partial charge on any atom is 0.136 e. The van der Waals surface area contributed by atoms with Crippen LogP contribution in [0.25, 0.3) is 0 Å². The first-order valence-corrected chi connectivity index (χ1v) is 7.40. The van der Waals surface area contributed by atoms with E-state index in [0.29, 0.717) is 11.7 Å². The molecule has 2 fully saturated rings. The van der Waals surface area contributed by atoms with Gasteiger partial charge < -0.3 is 0 Å². The third kappa shape index (κ3) is 3.33. The van der Waals surface area contributed by atoms with E-state index in [0.717, 1.165) is 12.3 Å². The third-order valence-electron chi connectivity index (χ3n) is 4.54. The van der Waals surface area contributed by atoms with Crippen LogP contribution >= 0.6 is 0 Å². The van der Waals surface area contributed by atoms with E-state index in [2.05, 4.69) is 0 Å². The molecule has 1 nitrogen and oxygen atoms in total. The molecule has 2 aliphatic rings. The normalized spacial score (nSPS) is 33.9. The van der Waals surface area contributed by atoms with Crippen molar-refractivity contribution in [3.63, 3.8) is 0 Å². The molecule has 0 aliphatic heterocycles. The standard InChI is InChI=1S/C15H26O/c16-15-12-13-10-8-6-4-2-1-3-5-7-9-11-14(13)15/h13-14H,1-12H2/t13-,14-/m1/s1. The second kappa shape index (κ2) is 6.42. The zero-order valence-corrected chi connectivity index (χ0v) is 10.5. The van der Waals surface area contributed by atoms with Gasteiger partial charge in [-0.15, -0.1) is 0 Å². The Bertz CT molecular complexity index is 221. The van der Waals surface area contributed by atoms with Crippen LogP contribution in [-0.4, -0.2) is 5.78 Å². The summed E-state index contributed by atoms with van der Waals surface area (Å²) in [7, 11) is 0. The van der Waals surface area contributed by atoms with Crippen molar-refractivity contribution in [1.29, 1.82) is 0 Å². The molecule has 92 valence electrons. The maximum atomic E-state index is 11.5. The van der Waals surface area contributed by atoms with Gasteiger partial charge in [-0.3, -0.25) is 4.79 Å². The highest BCUT2D eigenvalue weighted by molar-refractivity contribution is 5.87. The van der Waals surface area contributed by atoms with Crippen LogP contribution in [0.15, 0.2) is 0 Å². The van der Waals surface area contributed by atoms with E-state index in [-0.39, 0.29) is 0 Å². The maximum absolute atomic E-state index is 11.5. The molecule has 2 saturated carbocycles. The van der Waals surface area contributed by atoms with Crippen molar-refractivity contribution < 1.29 is 4.79 Å². The predicted octanol–water partition coefficient (Wildman–Crippen LogP) is 4.50. The Morgan fingerprint density at radius 2 is 1.19 bits per heavy atom. The number of hydrogen-bond acceptors (Lipinski definition) is 1. The molecule has 0 aromatic rings. The highest BCUT2D eigenvalue weighted by Crippen LogP contribution is 2.38. The molecule has 2 atom stereocenters. The molecule has 16 heavy (non-hydrogen) atoms. The zero-order valence-electron chi connectivity index (χ0n) is 10.5. The Kier molecular flexibility index (Phi) is 4.87. The van der Waals surface area contributed by atoms with E-state index in [1.807, 2.05) is 0 Å². The fourth-order valence-corrected chi connectivity index (χ4v) is 3.36. The number of carbonyl (C=O) groups excluding carboxylic acids is 1. The van der Waals surface area contributed by atoms with Crippen molar-refractivity contribution in [2.75, 3.05) is 0 Å². The summed E-state index contributed by atoms with van der Waals surface area (Å²) in [4.78, 5) is 11.5. The van der Waals surface area contributed by atoms with Gasteiger partial charge in [0, 0.05) is 12.3 Å². The van der Waals surface area contributed by atoms with E-state index in [1.54, 1.807) is 0 Å². The van der Waals surface area contributed by atoms with Gasteiger partial charge in [0.2, 0.25) is 0 Å². The summed E-state index contributed by atoms with van der Waals surface area (Å²) in [6.45, 7) is 0. The zero-order chi connectivity index (χ0) is 11.2. The summed E-state index contributed by atoms with van der Waals surface area (Å²) in [5.74, 6) is 1.81. The van der Waals surface area contributed by atoms with Crippen molar-refractivity contribution in [2.24, 2.45) is 11.8 Å². The number of fused-ring (bicyclic) bond motifs is 1. The van der Waals surface area contributed by atoms with Gasteiger partial charge >= 0.3 is 0 Å². The van der Waals surface area contributed by atoms with Crippen LogP contribution in [0.4, 0.5) is 0 Å². The van der Waals surface area contributed by atoms with Crippen LogP contribution in [0.3, 0.4) is 0 Å². The summed E-state index contributed by atoms with van der Waals surface area (Å²) in [5.41, 5.74) is 0. The first kappa shape index (κ1) is 12.1. The second-order valence-corrected chi connectivity index (χ2v) is 5.80. The van der Waals surface area contributed by atoms with Crippen molar-refractivity contribution >= 4 is 5.78 Å². The third-order valence-corrected chi connectivity index (χ3v) is 4.54. The fraction of sp³-hybridized carbons (Fsp3) is 0.933. The molecule has 0 radical (unpaired) electrons. The quantitative estimate of drug-likeness (QED) is 0.590. The molecule has 0 N–H and O–H groups in total. The lowest BCUT2D eigenvalue weighted by Crippen LogP contribution is -2.36. The molecule has 0 aromatic heterocycles. The molecule has 0 saturated heterocycles. The summed E-state index contributed by atoms with van der Waals surface area (Å²) in [6.07, 6.45) is 16.0. The summed E-state index contributed by atoms with van der Waals surface area (Å²) in [6, 6.07) is 0. The lowest BCUT2D eigenvalue weighted by molar-refractivity contribution is -0.134. The minimum absolute atomic E-state index is 0.473. The van der Waals surface area contributed by atoms with E-state index in [9.17, 15) is 4.79 Å². The second-order valence-electron chi connectivity index (χ2n) is 5.80. The molecule has 0 amide bonds. The first-order chi connectivity index (χ1) is 7.88. The highest BCUT2D eigenvalue weighted by atomic mass is 16.1. The Labute approximate surface area is 100.0 Å². The number of rotatable bonds is 0. The Hall–Kier alpha value is -0.330. The van der Waals surface area contributed by atoms with E-state index < -0.39 is 0 Å². The minimum atomic E-state index is 0.473. The SMILES string of the molecule is O=C1C[C@H]2CCCCCCCCCCC[C@@H]12. The molecule has 2 rings (SSSR count). The Morgan fingerprint density at radius 3 is 1.75 bits per heavy atom. The van der Waals surface area contributed by atoms with Gasteiger partial charge in [0.25, 0.3) is 0 Å². The molecule has 2 aliphatic carbocycles. The molecule has 1 heteroatoms. The van der Waals surface area contributed by atoms with Gasteiger partial charge in [0.15, 0.2) is 0 Å². The minimum Gasteiger partial charge on any atom is -0.299 e. The summed E-state index contributed by atoms with van der Waals surface area (Å²) >= 11 is 0. The van der Waals surface area contributed by atoms with Crippen molar-refractivity contribution in [3.05, 3.63) is 0 Å². The molecular formula is C15H26O. The molecule has 0 heterocycles. The molecule has 0 aromatic carbocycles. The van der Waals surface area contributed by atoms with Gasteiger partial charge in [-0.25, -0.2) is 0 Å². The van der Waals surface area contributed by atoms with Crippen LogP contribution in [0.1, 0.15) is 77.0 Å². The van der Waals surface area contributed by atoms with Crippen molar-refractivity contribution in [2.45, 2.75) is 77.0 Å². The van der Waals surface area contributed by atoms with Gasteiger partial charge in [0.1, 0.15) is 5.78 Å². The molecule has 0 spiro atoms. The van der Waals surface area contributed by atoms with E-state index in [1.165, 1.54) is 70.6 Å². The van der Waals surface area contributed by atoms with Crippen LogP contribution in [-0.2, 0) is 4.79 Å². The smallest absolute Gasteiger partial charge is 0.136 e. The Balaban J connectivity index is 1.76. The molecule has 0 bridgehead atoms. The largest absolute Gasteiger partial charge is 0.299 e. The topological polar surface area (TPSA) is 17.1 Å². The van der Waals surface area contributed by atoms with Crippen LogP contribution in [0, 0.1) is 11.8 Å². The first-order valence-electron chi connectivity index (χ1n) is 7.40. The van der Waals surface area contributed by atoms with Gasteiger partial charge in [-0.2, -0.15) is 0 Å². The lowest BCUT2D eigenvalue weighted by atomic mass is 9.68. The van der Waals surface area contributed by atoms with Crippen LogP contribution in [0.5, 0.6) is 0 Å². The summed E-state index contributed by atoms with van der Waals surface area (Å²) < 4.78 is 0. The van der Waals surface area contributed by atoms with Gasteiger partial charge in [0.05, 0.1) is 0 Å². The molecule has 0 unspecified atom stereocenters. The van der Waals surface area contributed by atoms with Gasteiger partial charge in [-0.1, -0.05) is 57.8 Å². The summed E-state index contributed by atoms with van der Waals surface area (Å²) in [5, 5.41) is 0. The average molecular weight is 222 g/mol. The van der Waals surface area contributed by atoms with Crippen LogP contribution < -0.4 is 0 Å². The van der Waals surface area contributed by atoms with E-state index >= 15 is 0 Å². The van der Waals surface area contributed by atoms with Gasteiger partial charge in [-0.05, 0) is 18.8 Å². The van der Waals surface area contributed by atoms with Crippen molar-refractivity contribution in [1.82, 2.24) is 0 Å². The number of ketones is 1. The Morgan fingerprint density at radius 1 is 0.688 bits per heavy atom. The molecular weight excluding hydrogens is 196 g/mol. The average Bonchev–Trinajstić information content (AvgIpc) is 2.29. The number of carbonyl (C=O) groups is 1. The van der Waals surface area contributed by atoms with E-state index in [4.69, 9.17) is 0 Å². The number of hydrogen-bond donors (Lipinski definition) is 0. The predicted molar refractivity (Wildman–Crippen MR) is 67.4 cm³/mol. The highest BCUT2D eigenvalue weighted by Gasteiger charge is 2.37. The van der Waals surface area contributed by atoms with Crippen molar-refractivity contribution in [3.8, 4) is 0 Å². The lowest BCUT2D eigenvalue weighted by Gasteiger charge is -2.35.